The van der Waals surface area contributed by atoms with Gasteiger partial charge in [-0.15, -0.1) is 24.0 Å². The highest BCUT2D eigenvalue weighted by atomic mass is 127. The smallest absolute Gasteiger partial charge is 0.409 e. The molecule has 2 heterocycles. The van der Waals surface area contributed by atoms with Crippen LogP contribution in [0.5, 0.6) is 0 Å². The van der Waals surface area contributed by atoms with Gasteiger partial charge in [-0.05, 0) is 25.7 Å². The SMILES string of the molecule is CCOC(=O)N1CCC(NC(N)=NCC(C(C)C)N2CCOCC2)CC1.I. The Morgan fingerprint density at radius 3 is 2.44 bits per heavy atom. The number of amides is 1. The van der Waals surface area contributed by atoms with E-state index in [9.17, 15) is 4.79 Å². The van der Waals surface area contributed by atoms with Gasteiger partial charge in [-0.3, -0.25) is 9.89 Å². The van der Waals surface area contributed by atoms with E-state index in [2.05, 4.69) is 29.1 Å². The Bertz CT molecular complexity index is 464. The lowest BCUT2D eigenvalue weighted by molar-refractivity contribution is 0.00868. The number of piperidine rings is 1. The van der Waals surface area contributed by atoms with Gasteiger partial charge in [-0.25, -0.2) is 4.79 Å². The molecule has 2 aliphatic heterocycles. The number of hydrogen-bond acceptors (Lipinski definition) is 5. The lowest BCUT2D eigenvalue weighted by Crippen LogP contribution is -2.50. The summed E-state index contributed by atoms with van der Waals surface area (Å²) in [5.41, 5.74) is 6.12. The molecule has 1 unspecified atom stereocenters. The Morgan fingerprint density at radius 1 is 1.26 bits per heavy atom. The van der Waals surface area contributed by atoms with Crippen molar-refractivity contribution in [3.63, 3.8) is 0 Å². The number of nitrogens with two attached hydrogens (primary N) is 1. The highest BCUT2D eigenvalue weighted by Gasteiger charge is 2.25. The second-order valence-corrected chi connectivity index (χ2v) is 7.29. The quantitative estimate of drug-likeness (QED) is 0.328. The van der Waals surface area contributed by atoms with Crippen LogP contribution in [0, 0.1) is 5.92 Å². The van der Waals surface area contributed by atoms with Gasteiger partial charge < -0.3 is 25.4 Å². The van der Waals surface area contributed by atoms with Gasteiger partial charge >= 0.3 is 6.09 Å². The van der Waals surface area contributed by atoms with Crippen LogP contribution in [0.2, 0.25) is 0 Å². The average molecular weight is 497 g/mol. The van der Waals surface area contributed by atoms with Crippen LogP contribution in [0.1, 0.15) is 33.6 Å². The molecule has 0 aromatic carbocycles. The van der Waals surface area contributed by atoms with Gasteiger partial charge in [0.1, 0.15) is 0 Å². The number of halogens is 1. The maximum Gasteiger partial charge on any atom is 0.409 e. The summed E-state index contributed by atoms with van der Waals surface area (Å²) in [4.78, 5) is 20.5. The van der Waals surface area contributed by atoms with Crippen LogP contribution in [-0.2, 0) is 9.47 Å². The number of rotatable bonds is 6. The average Bonchev–Trinajstić information content (AvgIpc) is 2.63. The van der Waals surface area contributed by atoms with Crippen LogP contribution in [-0.4, -0.2) is 86.5 Å². The first kappa shape index (κ1) is 24.2. The second-order valence-electron chi connectivity index (χ2n) is 7.29. The first-order valence-electron chi connectivity index (χ1n) is 9.81. The Labute approximate surface area is 180 Å². The molecule has 0 bridgehead atoms. The minimum Gasteiger partial charge on any atom is -0.450 e. The van der Waals surface area contributed by atoms with Crippen LogP contribution in [0.3, 0.4) is 0 Å². The predicted molar refractivity (Wildman–Crippen MR) is 118 cm³/mol. The molecule has 8 nitrogen and oxygen atoms in total. The van der Waals surface area contributed by atoms with Crippen LogP contribution in [0.15, 0.2) is 4.99 Å². The number of nitrogens with zero attached hydrogens (tertiary/aromatic N) is 3. The molecule has 2 rings (SSSR count). The van der Waals surface area contributed by atoms with E-state index < -0.39 is 0 Å². The van der Waals surface area contributed by atoms with Gasteiger partial charge in [-0.1, -0.05) is 13.8 Å². The molecule has 1 atom stereocenters. The standard InChI is InChI=1S/C18H35N5O3.HI/c1-4-26-18(24)23-7-5-15(6-8-23)21-17(19)20-13-16(14(2)3)22-9-11-25-12-10-22;/h14-16H,4-13H2,1-3H3,(H3,19,20,21);1H. The fraction of sp³-hybridized carbons (Fsp3) is 0.889. The van der Waals surface area contributed by atoms with Crippen LogP contribution in [0.25, 0.3) is 0 Å². The topological polar surface area (TPSA) is 92.4 Å². The summed E-state index contributed by atoms with van der Waals surface area (Å²) in [6, 6.07) is 0.634. The minimum absolute atomic E-state index is 0. The molecule has 0 spiro atoms. The van der Waals surface area contributed by atoms with E-state index in [1.54, 1.807) is 4.90 Å². The number of aliphatic imine (C=N–C) groups is 1. The zero-order valence-corrected chi connectivity index (χ0v) is 19.2. The van der Waals surface area contributed by atoms with Crippen molar-refractivity contribution in [3.05, 3.63) is 0 Å². The third-order valence-corrected chi connectivity index (χ3v) is 5.11. The van der Waals surface area contributed by atoms with E-state index in [4.69, 9.17) is 15.2 Å². The lowest BCUT2D eigenvalue weighted by atomic mass is 10.0. The van der Waals surface area contributed by atoms with Crippen molar-refractivity contribution in [2.24, 2.45) is 16.6 Å². The Kier molecular flexibility index (Phi) is 11.3. The van der Waals surface area contributed by atoms with Crippen LogP contribution in [0.4, 0.5) is 4.79 Å². The van der Waals surface area contributed by atoms with Crippen molar-refractivity contribution < 1.29 is 14.3 Å². The van der Waals surface area contributed by atoms with Crippen LogP contribution >= 0.6 is 24.0 Å². The molecule has 0 aliphatic carbocycles. The van der Waals surface area contributed by atoms with Gasteiger partial charge in [0.25, 0.3) is 0 Å². The molecule has 158 valence electrons. The Hall–Kier alpha value is -0.810. The highest BCUT2D eigenvalue weighted by Crippen LogP contribution is 2.14. The first-order valence-corrected chi connectivity index (χ1v) is 9.81. The van der Waals surface area contributed by atoms with Crippen molar-refractivity contribution in [2.45, 2.75) is 45.7 Å². The maximum absolute atomic E-state index is 11.7. The van der Waals surface area contributed by atoms with Gasteiger partial charge in [0, 0.05) is 38.3 Å². The summed E-state index contributed by atoms with van der Waals surface area (Å²) in [5.74, 6) is 1.01. The summed E-state index contributed by atoms with van der Waals surface area (Å²) >= 11 is 0. The van der Waals surface area contributed by atoms with Gasteiger partial charge in [0.05, 0.1) is 26.4 Å². The van der Waals surface area contributed by atoms with E-state index in [1.807, 2.05) is 6.92 Å². The fourth-order valence-corrected chi connectivity index (χ4v) is 3.52. The number of carbonyl (C=O) groups excluding carboxylic acids is 1. The number of likely N-dealkylation sites (tertiary alicyclic amines) is 1. The molecule has 2 fully saturated rings. The molecule has 0 saturated carbocycles. The summed E-state index contributed by atoms with van der Waals surface area (Å²) < 4.78 is 10.5. The molecule has 1 amide bonds. The zero-order valence-electron chi connectivity index (χ0n) is 16.9. The zero-order chi connectivity index (χ0) is 18.9. The highest BCUT2D eigenvalue weighted by molar-refractivity contribution is 14.0. The molecular formula is C18H36IN5O3. The van der Waals surface area contributed by atoms with E-state index in [-0.39, 0.29) is 36.1 Å². The fourth-order valence-electron chi connectivity index (χ4n) is 3.52. The third kappa shape index (κ3) is 7.98. The molecule has 0 aromatic heterocycles. The number of carbonyl (C=O) groups is 1. The van der Waals surface area contributed by atoms with Gasteiger partial charge in [-0.2, -0.15) is 0 Å². The molecule has 0 radical (unpaired) electrons. The van der Waals surface area contributed by atoms with Gasteiger partial charge in [0.2, 0.25) is 0 Å². The summed E-state index contributed by atoms with van der Waals surface area (Å²) in [6.07, 6.45) is 1.48. The van der Waals surface area contributed by atoms with Crippen molar-refractivity contribution in [1.82, 2.24) is 15.1 Å². The Balaban J connectivity index is 0.00000364. The largest absolute Gasteiger partial charge is 0.450 e. The van der Waals surface area contributed by atoms with E-state index in [0.717, 1.165) is 39.1 Å². The number of ether oxygens (including phenoxy) is 2. The molecular weight excluding hydrogens is 461 g/mol. The number of guanidine groups is 1. The molecule has 2 saturated heterocycles. The second kappa shape index (κ2) is 12.6. The van der Waals surface area contributed by atoms with Crippen molar-refractivity contribution >= 4 is 36.0 Å². The third-order valence-electron chi connectivity index (χ3n) is 5.11. The normalized spacial score (nSPS) is 20.9. The Morgan fingerprint density at radius 2 is 1.89 bits per heavy atom. The molecule has 2 aliphatic rings. The predicted octanol–water partition coefficient (Wildman–Crippen LogP) is 1.49. The number of morpholine rings is 1. The van der Waals surface area contributed by atoms with E-state index >= 15 is 0 Å². The summed E-state index contributed by atoms with van der Waals surface area (Å²) in [5, 5.41) is 3.31. The number of nitrogens with one attached hydrogen (secondary N) is 1. The van der Waals surface area contributed by atoms with Gasteiger partial charge in [0.15, 0.2) is 5.96 Å². The monoisotopic (exact) mass is 497 g/mol. The van der Waals surface area contributed by atoms with E-state index in [1.165, 1.54) is 0 Å². The molecule has 0 aromatic rings. The molecule has 27 heavy (non-hydrogen) atoms. The van der Waals surface area contributed by atoms with Crippen LogP contribution < -0.4 is 11.1 Å². The number of hydrogen-bond donors (Lipinski definition) is 2. The van der Waals surface area contributed by atoms with Crippen molar-refractivity contribution in [1.29, 1.82) is 0 Å². The lowest BCUT2D eigenvalue weighted by Gasteiger charge is -2.36. The van der Waals surface area contributed by atoms with Crippen molar-refractivity contribution in [2.75, 3.05) is 52.5 Å². The van der Waals surface area contributed by atoms with E-state index in [0.29, 0.717) is 44.2 Å². The summed E-state index contributed by atoms with van der Waals surface area (Å²) in [7, 11) is 0. The maximum atomic E-state index is 11.7. The summed E-state index contributed by atoms with van der Waals surface area (Å²) in [6.45, 7) is 12.3. The first-order chi connectivity index (χ1) is 12.5. The van der Waals surface area contributed by atoms with Crippen molar-refractivity contribution in [3.8, 4) is 0 Å². The molecule has 9 heteroatoms. The minimum atomic E-state index is -0.224. The molecule has 3 N–H and O–H groups in total.